The van der Waals surface area contributed by atoms with Crippen molar-refractivity contribution in [3.05, 3.63) is 30.0 Å². The van der Waals surface area contributed by atoms with Gasteiger partial charge < -0.3 is 10.6 Å². The Morgan fingerprint density at radius 2 is 2.07 bits per heavy atom. The topological polar surface area (TPSA) is 89.7 Å². The third-order valence-corrected chi connectivity index (χ3v) is 4.78. The molecule has 0 fully saturated rings. The summed E-state index contributed by atoms with van der Waals surface area (Å²) < 4.78 is 4.02. The molecular weight excluding hydrogens is 354 g/mol. The molecule has 3 aromatic heterocycles. The van der Waals surface area contributed by atoms with Crippen LogP contribution in [-0.2, 0) is 24.3 Å². The van der Waals surface area contributed by atoms with E-state index in [1.165, 1.54) is 12.5 Å². The zero-order valence-electron chi connectivity index (χ0n) is 16.5. The van der Waals surface area contributed by atoms with Gasteiger partial charge in [0.05, 0.1) is 17.1 Å². The van der Waals surface area contributed by atoms with Crippen LogP contribution in [0.5, 0.6) is 0 Å². The summed E-state index contributed by atoms with van der Waals surface area (Å²) in [7, 11) is 0. The number of hydrogen-bond acceptors (Lipinski definition) is 5. The minimum Gasteiger partial charge on any atom is -0.370 e. The number of pyridine rings is 1. The number of carbonyl (C=O) groups excluding carboxylic acids is 1. The zero-order chi connectivity index (χ0) is 19.7. The van der Waals surface area contributed by atoms with Crippen molar-refractivity contribution in [3.63, 3.8) is 0 Å². The minimum atomic E-state index is -0.120. The third-order valence-electron chi connectivity index (χ3n) is 4.78. The molecule has 0 saturated heterocycles. The van der Waals surface area contributed by atoms with Crippen LogP contribution in [0, 0.1) is 0 Å². The molecule has 0 radical (unpaired) electrons. The van der Waals surface area contributed by atoms with Gasteiger partial charge in [-0.05, 0) is 31.9 Å². The number of aromatic nitrogens is 5. The van der Waals surface area contributed by atoms with Gasteiger partial charge in [-0.1, -0.05) is 6.92 Å². The number of nitrogens with zero attached hydrogens (tertiary/aromatic N) is 5. The maximum atomic E-state index is 11.4. The van der Waals surface area contributed by atoms with Gasteiger partial charge in [0.15, 0.2) is 5.82 Å². The summed E-state index contributed by atoms with van der Waals surface area (Å²) in [6.07, 6.45) is 3.71. The lowest BCUT2D eigenvalue weighted by Gasteiger charge is -2.16. The smallest absolute Gasteiger partial charge is 0.222 e. The van der Waals surface area contributed by atoms with E-state index in [-0.39, 0.29) is 5.91 Å². The number of nitrogens with one attached hydrogen (secondary N) is 2. The SMILES string of the molecule is CCCn1nc(-c2ccc(NCC)nc2)c2c1-c1cc(NC(C)=O)nn1CC2. The molecule has 4 rings (SSSR count). The highest BCUT2D eigenvalue weighted by Crippen LogP contribution is 2.37. The van der Waals surface area contributed by atoms with Crippen molar-refractivity contribution in [2.75, 3.05) is 17.2 Å². The first-order valence-electron chi connectivity index (χ1n) is 9.76. The summed E-state index contributed by atoms with van der Waals surface area (Å²) in [6.45, 7) is 8.11. The summed E-state index contributed by atoms with van der Waals surface area (Å²) in [5, 5.41) is 15.5. The molecule has 146 valence electrons. The van der Waals surface area contributed by atoms with E-state index in [0.717, 1.165) is 60.9 Å². The number of carbonyl (C=O) groups is 1. The van der Waals surface area contributed by atoms with E-state index in [4.69, 9.17) is 5.10 Å². The Hall–Kier alpha value is -3.16. The predicted octanol–water partition coefficient (Wildman–Crippen LogP) is 3.16. The molecule has 0 atom stereocenters. The fourth-order valence-corrected chi connectivity index (χ4v) is 3.68. The average molecular weight is 379 g/mol. The van der Waals surface area contributed by atoms with Crippen molar-refractivity contribution in [1.82, 2.24) is 24.5 Å². The first kappa shape index (κ1) is 18.2. The number of fused-ring (bicyclic) bond motifs is 3. The fraction of sp³-hybridized carbons (Fsp3) is 0.400. The molecule has 0 bridgehead atoms. The van der Waals surface area contributed by atoms with E-state index in [1.54, 1.807) is 0 Å². The Bertz CT molecular complexity index is 1000. The van der Waals surface area contributed by atoms with Gasteiger partial charge in [0.1, 0.15) is 5.82 Å². The summed E-state index contributed by atoms with van der Waals surface area (Å²) in [5.41, 5.74) is 5.29. The van der Waals surface area contributed by atoms with Gasteiger partial charge >= 0.3 is 0 Å². The predicted molar refractivity (Wildman–Crippen MR) is 109 cm³/mol. The Morgan fingerprint density at radius 1 is 1.21 bits per heavy atom. The van der Waals surface area contributed by atoms with E-state index < -0.39 is 0 Å². The number of rotatable bonds is 6. The molecule has 4 heterocycles. The van der Waals surface area contributed by atoms with Gasteiger partial charge in [0, 0.05) is 49.9 Å². The van der Waals surface area contributed by atoms with Crippen molar-refractivity contribution in [2.24, 2.45) is 0 Å². The Balaban J connectivity index is 1.79. The highest BCUT2D eigenvalue weighted by Gasteiger charge is 2.27. The van der Waals surface area contributed by atoms with E-state index in [2.05, 4.69) is 45.3 Å². The summed E-state index contributed by atoms with van der Waals surface area (Å²) in [5.74, 6) is 1.33. The maximum Gasteiger partial charge on any atom is 0.222 e. The first-order valence-corrected chi connectivity index (χ1v) is 9.76. The number of amides is 1. The summed E-state index contributed by atoms with van der Waals surface area (Å²) in [6, 6.07) is 5.99. The minimum absolute atomic E-state index is 0.120. The van der Waals surface area contributed by atoms with Gasteiger partial charge in [-0.2, -0.15) is 10.2 Å². The average Bonchev–Trinajstić information content (AvgIpc) is 3.23. The molecule has 0 unspecified atom stereocenters. The van der Waals surface area contributed by atoms with Crippen molar-refractivity contribution in [3.8, 4) is 22.6 Å². The third kappa shape index (κ3) is 3.26. The second kappa shape index (κ2) is 7.46. The highest BCUT2D eigenvalue weighted by molar-refractivity contribution is 5.88. The lowest BCUT2D eigenvalue weighted by Crippen LogP contribution is -2.14. The van der Waals surface area contributed by atoms with Crippen molar-refractivity contribution in [1.29, 1.82) is 0 Å². The molecule has 0 spiro atoms. The van der Waals surface area contributed by atoms with Gasteiger partial charge in [-0.3, -0.25) is 14.2 Å². The highest BCUT2D eigenvalue weighted by atomic mass is 16.1. The quantitative estimate of drug-likeness (QED) is 0.687. The standard InChI is InChI=1S/C20H25N7O/c1-4-9-27-20-15(8-10-26-16(20)11-18(24-26)23-13(3)28)19(25-27)14-6-7-17(21-5-2)22-12-14/h6-7,11-12H,4-5,8-10H2,1-3H3,(H,21,22)(H,23,24,28). The van der Waals surface area contributed by atoms with E-state index in [9.17, 15) is 4.79 Å². The Kier molecular flexibility index (Phi) is 4.85. The Morgan fingerprint density at radius 3 is 2.75 bits per heavy atom. The summed E-state index contributed by atoms with van der Waals surface area (Å²) >= 11 is 0. The van der Waals surface area contributed by atoms with Gasteiger partial charge in [0.2, 0.25) is 5.91 Å². The van der Waals surface area contributed by atoms with Crippen LogP contribution in [0.1, 0.15) is 32.8 Å². The number of anilines is 2. The van der Waals surface area contributed by atoms with Crippen LogP contribution in [-0.4, -0.2) is 37.0 Å². The second-order valence-corrected chi connectivity index (χ2v) is 6.93. The molecule has 8 heteroatoms. The normalized spacial score (nSPS) is 12.4. The molecule has 0 saturated carbocycles. The van der Waals surface area contributed by atoms with Crippen molar-refractivity contribution >= 4 is 17.5 Å². The first-order chi connectivity index (χ1) is 13.6. The lowest BCUT2D eigenvalue weighted by molar-refractivity contribution is -0.114. The van der Waals surface area contributed by atoms with Crippen LogP contribution in [0.2, 0.25) is 0 Å². The number of aryl methyl sites for hydroxylation is 2. The monoisotopic (exact) mass is 379 g/mol. The molecule has 28 heavy (non-hydrogen) atoms. The molecule has 8 nitrogen and oxygen atoms in total. The van der Waals surface area contributed by atoms with Crippen LogP contribution >= 0.6 is 0 Å². The molecule has 2 N–H and O–H groups in total. The molecule has 3 aromatic rings. The molecule has 1 amide bonds. The largest absolute Gasteiger partial charge is 0.370 e. The zero-order valence-corrected chi connectivity index (χ0v) is 16.5. The maximum absolute atomic E-state index is 11.4. The van der Waals surface area contributed by atoms with E-state index in [1.807, 2.05) is 23.0 Å². The molecule has 1 aliphatic rings. The lowest BCUT2D eigenvalue weighted by atomic mass is 10.0. The van der Waals surface area contributed by atoms with Crippen LogP contribution in [0.3, 0.4) is 0 Å². The molecule has 0 aliphatic carbocycles. The molecule has 1 aliphatic heterocycles. The van der Waals surface area contributed by atoms with Crippen molar-refractivity contribution in [2.45, 2.75) is 46.7 Å². The van der Waals surface area contributed by atoms with Crippen LogP contribution in [0.15, 0.2) is 24.4 Å². The Labute approximate surface area is 164 Å². The molecule has 0 aromatic carbocycles. The summed E-state index contributed by atoms with van der Waals surface area (Å²) in [4.78, 5) is 15.9. The van der Waals surface area contributed by atoms with Crippen LogP contribution < -0.4 is 10.6 Å². The van der Waals surface area contributed by atoms with Gasteiger partial charge in [0.25, 0.3) is 0 Å². The molecular formula is C20H25N7O. The fourth-order valence-electron chi connectivity index (χ4n) is 3.68. The van der Waals surface area contributed by atoms with E-state index in [0.29, 0.717) is 5.82 Å². The van der Waals surface area contributed by atoms with Gasteiger partial charge in [-0.25, -0.2) is 4.98 Å². The van der Waals surface area contributed by atoms with Gasteiger partial charge in [-0.15, -0.1) is 0 Å². The second-order valence-electron chi connectivity index (χ2n) is 6.93. The number of hydrogen-bond donors (Lipinski definition) is 2. The van der Waals surface area contributed by atoms with E-state index >= 15 is 0 Å². The van der Waals surface area contributed by atoms with Crippen LogP contribution in [0.4, 0.5) is 11.6 Å². The van der Waals surface area contributed by atoms with Crippen molar-refractivity contribution < 1.29 is 4.79 Å². The van der Waals surface area contributed by atoms with Crippen LogP contribution in [0.25, 0.3) is 22.6 Å².